The number of hydrogen-bond donors (Lipinski definition) is 4. The second-order valence-corrected chi connectivity index (χ2v) is 10.3. The van der Waals surface area contributed by atoms with Crippen LogP contribution in [0.1, 0.15) is 12.6 Å². The van der Waals surface area contributed by atoms with Crippen LogP contribution in [0.4, 0.5) is 5.13 Å². The van der Waals surface area contributed by atoms with E-state index in [4.69, 9.17) is 11.3 Å². The molecule has 1 aromatic rings. The predicted octanol–water partition coefficient (Wildman–Crippen LogP) is -0.547. The Bertz CT molecular complexity index is 1260. The molecule has 0 aliphatic carbocycles. The number of carbonyl (C=O) groups excluding carboxylic acids is 3. The molecule has 1 aromatic heterocycles. The van der Waals surface area contributed by atoms with Crippen LogP contribution in [0.3, 0.4) is 0 Å². The van der Waals surface area contributed by atoms with Gasteiger partial charge in [-0.05, 0) is 24.4 Å². The number of anilines is 1. The van der Waals surface area contributed by atoms with E-state index >= 15 is 0 Å². The molecule has 3 amide bonds. The molecular formula is C20H21N9O6S3. The summed E-state index contributed by atoms with van der Waals surface area (Å²) in [5.74, 6) is 0.516. The molecule has 15 nitrogen and oxygen atoms in total. The summed E-state index contributed by atoms with van der Waals surface area (Å²) in [6.45, 7) is 2.16. The maximum absolute atomic E-state index is 13.0. The highest BCUT2D eigenvalue weighted by Gasteiger charge is 2.54. The third kappa shape index (κ3) is 5.70. The average Bonchev–Trinajstić information content (AvgIpc) is 3.55. The molecule has 4 rings (SSSR count). The van der Waals surface area contributed by atoms with Gasteiger partial charge in [0.25, 0.3) is 11.8 Å². The molecule has 200 valence electrons. The molecule has 3 aliphatic rings. The number of amides is 3. The minimum atomic E-state index is -1.24. The molecule has 0 aromatic carbocycles. The molecule has 1 unspecified atom stereocenters. The molecule has 0 bridgehead atoms. The molecule has 0 saturated carbocycles. The number of fused-ring (bicyclic) bond motifs is 1. The molecule has 4 N–H and O–H groups in total. The number of hydrazone groups is 1. The third-order valence-corrected chi connectivity index (χ3v) is 8.11. The number of aromatic nitrogens is 1. The van der Waals surface area contributed by atoms with Gasteiger partial charge in [-0.25, -0.2) is 9.78 Å². The lowest BCUT2D eigenvalue weighted by molar-refractivity contribution is -0.150. The summed E-state index contributed by atoms with van der Waals surface area (Å²) in [4.78, 5) is 59.2. The Kier molecular flexibility index (Phi) is 8.73. The fourth-order valence-electron chi connectivity index (χ4n) is 3.48. The van der Waals surface area contributed by atoms with Gasteiger partial charge in [0.2, 0.25) is 6.41 Å². The van der Waals surface area contributed by atoms with Crippen molar-refractivity contribution in [2.75, 3.05) is 30.0 Å². The number of nitrogens with zero attached hydrogens (tertiary/aromatic N) is 6. The Morgan fingerprint density at radius 2 is 2.32 bits per heavy atom. The molecule has 0 spiro atoms. The Balaban J connectivity index is 1.44. The Morgan fingerprint density at radius 1 is 1.50 bits per heavy atom. The van der Waals surface area contributed by atoms with Crippen molar-refractivity contribution in [2.45, 2.75) is 18.3 Å². The van der Waals surface area contributed by atoms with Crippen molar-refractivity contribution in [2.24, 2.45) is 10.3 Å². The largest absolute Gasteiger partial charge is 0.477 e. The molecule has 4 heterocycles. The van der Waals surface area contributed by atoms with E-state index in [0.29, 0.717) is 24.3 Å². The van der Waals surface area contributed by atoms with Gasteiger partial charge in [0, 0.05) is 16.9 Å². The zero-order chi connectivity index (χ0) is 27.2. The first-order valence-electron chi connectivity index (χ1n) is 10.9. The number of carboxylic acids is 1. The van der Waals surface area contributed by atoms with E-state index in [-0.39, 0.29) is 34.6 Å². The lowest BCUT2D eigenvalue weighted by Crippen LogP contribution is -2.71. The van der Waals surface area contributed by atoms with Crippen LogP contribution in [-0.4, -0.2) is 96.8 Å². The lowest BCUT2D eigenvalue weighted by atomic mass is 10.0. The number of hydrogen-bond acceptors (Lipinski definition) is 14. The van der Waals surface area contributed by atoms with Gasteiger partial charge in [0.1, 0.15) is 35.8 Å². The zero-order valence-corrected chi connectivity index (χ0v) is 22.1. The standard InChI is InChI=1S/C20H21N9O6S3/c1-3-5-27-9-22-29(26-27)38-7-11-6-36-18-14(17(32)28(18)15(11)19(33)34)24-16(31)13(25-35-4-2)12-8-37-20(23-12)21-10-30/h1,8-10,14,18,26H,4-7H2,2H3,(H,24,31)(H,33,34)(H,21,23,30)/t14?,18-/m0/s1. The first-order valence-corrected chi connectivity index (χ1v) is 13.7. The van der Waals surface area contributed by atoms with E-state index in [9.17, 15) is 24.3 Å². The van der Waals surface area contributed by atoms with Crippen molar-refractivity contribution >= 4 is 76.4 Å². The van der Waals surface area contributed by atoms with E-state index in [2.05, 4.69) is 37.3 Å². The van der Waals surface area contributed by atoms with Gasteiger partial charge in [0.05, 0.1) is 6.54 Å². The molecule has 0 radical (unpaired) electrons. The maximum Gasteiger partial charge on any atom is 0.352 e. The number of rotatable bonds is 12. The Morgan fingerprint density at radius 3 is 3.03 bits per heavy atom. The summed E-state index contributed by atoms with van der Waals surface area (Å²) >= 11 is 3.62. The Labute approximate surface area is 228 Å². The molecular weight excluding hydrogens is 558 g/mol. The van der Waals surface area contributed by atoms with Crippen LogP contribution in [0, 0.1) is 12.3 Å². The molecule has 2 atom stereocenters. The van der Waals surface area contributed by atoms with Crippen molar-refractivity contribution in [3.8, 4) is 12.3 Å². The van der Waals surface area contributed by atoms with Gasteiger partial charge in [-0.2, -0.15) is 0 Å². The number of thioether (sulfide) groups is 1. The number of nitrogens with one attached hydrogen (secondary N) is 3. The van der Waals surface area contributed by atoms with E-state index in [1.54, 1.807) is 11.9 Å². The highest BCUT2D eigenvalue weighted by Crippen LogP contribution is 2.41. The summed E-state index contributed by atoms with van der Waals surface area (Å²) in [6.07, 6.45) is 7.23. The minimum Gasteiger partial charge on any atom is -0.477 e. The lowest BCUT2D eigenvalue weighted by Gasteiger charge is -2.49. The predicted molar refractivity (Wildman–Crippen MR) is 141 cm³/mol. The summed E-state index contributed by atoms with van der Waals surface area (Å²) in [7, 11) is 0. The zero-order valence-electron chi connectivity index (χ0n) is 19.7. The van der Waals surface area contributed by atoms with Crippen LogP contribution < -0.4 is 16.2 Å². The number of carboxylic acid groups (broad SMARTS) is 1. The van der Waals surface area contributed by atoms with Crippen LogP contribution >= 0.6 is 35.0 Å². The maximum atomic E-state index is 13.0. The highest BCUT2D eigenvalue weighted by molar-refractivity contribution is 8.00. The minimum absolute atomic E-state index is 0.118. The van der Waals surface area contributed by atoms with Crippen LogP contribution in [0.15, 0.2) is 26.9 Å². The van der Waals surface area contributed by atoms with Gasteiger partial charge < -0.3 is 20.6 Å². The van der Waals surface area contributed by atoms with Gasteiger partial charge in [-0.15, -0.1) is 44.7 Å². The summed E-state index contributed by atoms with van der Waals surface area (Å²) in [5, 5.41) is 25.5. The third-order valence-electron chi connectivity index (χ3n) is 5.10. The quantitative estimate of drug-likeness (QED) is 0.0621. The van der Waals surface area contributed by atoms with Crippen molar-refractivity contribution in [3.63, 3.8) is 0 Å². The van der Waals surface area contributed by atoms with Crippen molar-refractivity contribution < 1.29 is 29.1 Å². The second kappa shape index (κ2) is 12.2. The van der Waals surface area contributed by atoms with Crippen LogP contribution in [0.2, 0.25) is 0 Å². The monoisotopic (exact) mass is 579 g/mol. The van der Waals surface area contributed by atoms with Crippen molar-refractivity contribution in [1.82, 2.24) is 30.3 Å². The van der Waals surface area contributed by atoms with Crippen molar-refractivity contribution in [1.29, 1.82) is 0 Å². The SMILES string of the molecule is C#CCN1C=NN(SCC2=C(C(=O)O)N3C(=O)C(NC(=O)C(=NOCC)c4csc(NC=O)n4)[C@@H]3SC2)N1. The van der Waals surface area contributed by atoms with Gasteiger partial charge in [-0.1, -0.05) is 11.1 Å². The summed E-state index contributed by atoms with van der Waals surface area (Å²) in [5.41, 5.74) is 3.29. The van der Waals surface area contributed by atoms with Crippen LogP contribution in [-0.2, 0) is 24.0 Å². The van der Waals surface area contributed by atoms with Crippen LogP contribution in [0.25, 0.3) is 0 Å². The van der Waals surface area contributed by atoms with Gasteiger partial charge >= 0.3 is 5.97 Å². The number of β-lactam (4-membered cyclic amide) rings is 1. The van der Waals surface area contributed by atoms with E-state index < -0.39 is 29.2 Å². The summed E-state index contributed by atoms with van der Waals surface area (Å²) < 4.78 is 1.44. The Hall–Kier alpha value is -3.79. The molecule has 3 aliphatic heterocycles. The smallest absolute Gasteiger partial charge is 0.352 e. The number of hydrazine groups is 2. The van der Waals surface area contributed by atoms with E-state index in [1.165, 1.54) is 44.9 Å². The van der Waals surface area contributed by atoms with Crippen LogP contribution in [0.5, 0.6) is 0 Å². The fourth-order valence-corrected chi connectivity index (χ4v) is 6.40. The van der Waals surface area contributed by atoms with Gasteiger partial charge in [0.15, 0.2) is 10.8 Å². The van der Waals surface area contributed by atoms with E-state index in [0.717, 1.165) is 11.3 Å². The molecule has 1 saturated heterocycles. The number of thiazole rings is 1. The molecule has 38 heavy (non-hydrogen) atoms. The highest BCUT2D eigenvalue weighted by atomic mass is 32.2. The molecule has 1 fully saturated rings. The molecule has 18 heteroatoms. The number of oxime groups is 1. The number of aliphatic carboxylic acids is 1. The number of terminal acetylenes is 1. The first-order chi connectivity index (χ1) is 18.4. The number of carbonyl (C=O) groups is 4. The van der Waals surface area contributed by atoms with Gasteiger partial charge in [-0.3, -0.25) is 24.3 Å². The van der Waals surface area contributed by atoms with Crippen molar-refractivity contribution in [3.05, 3.63) is 22.3 Å². The average molecular weight is 580 g/mol. The normalized spacial score (nSPS) is 20.6. The topological polar surface area (TPSA) is 181 Å². The summed E-state index contributed by atoms with van der Waals surface area (Å²) in [6, 6.07) is -0.976. The fraction of sp³-hybridized carbons (Fsp3) is 0.350. The first kappa shape index (κ1) is 27.3. The van der Waals surface area contributed by atoms with E-state index in [1.807, 2.05) is 0 Å². The second-order valence-electron chi connectivity index (χ2n) is 7.49.